The van der Waals surface area contributed by atoms with Crippen LogP contribution in [0.1, 0.15) is 23.7 Å². The molecule has 0 aliphatic heterocycles. The summed E-state index contributed by atoms with van der Waals surface area (Å²) < 4.78 is 0.593. The van der Waals surface area contributed by atoms with E-state index in [-0.39, 0.29) is 0 Å². The zero-order chi connectivity index (χ0) is 13.0. The van der Waals surface area contributed by atoms with Gasteiger partial charge in [-0.05, 0) is 40.5 Å². The average molecular weight is 321 g/mol. The van der Waals surface area contributed by atoms with Crippen molar-refractivity contribution in [3.8, 4) is 0 Å². The molecule has 0 aliphatic carbocycles. The monoisotopic (exact) mass is 319 g/mol. The second-order valence-electron chi connectivity index (χ2n) is 3.40. The highest BCUT2D eigenvalue weighted by Gasteiger charge is 2.18. The molecule has 2 N–H and O–H groups in total. The molecule has 0 fully saturated rings. The van der Waals surface area contributed by atoms with Crippen molar-refractivity contribution in [3.63, 3.8) is 0 Å². The van der Waals surface area contributed by atoms with Gasteiger partial charge in [0.15, 0.2) is 0 Å². The van der Waals surface area contributed by atoms with Crippen LogP contribution in [0.4, 0.5) is 0 Å². The van der Waals surface area contributed by atoms with Gasteiger partial charge in [-0.25, -0.2) is 4.79 Å². The molecule has 0 aliphatic rings. The number of benzene rings is 1. The van der Waals surface area contributed by atoms with Gasteiger partial charge in [0.25, 0.3) is 5.91 Å². The van der Waals surface area contributed by atoms with Gasteiger partial charge in [-0.1, -0.05) is 18.5 Å². The van der Waals surface area contributed by atoms with Crippen molar-refractivity contribution >= 4 is 39.4 Å². The van der Waals surface area contributed by atoms with E-state index in [1.165, 1.54) is 6.07 Å². The Labute approximate surface area is 112 Å². The first-order valence-corrected chi connectivity index (χ1v) is 6.11. The molecule has 0 heterocycles. The summed E-state index contributed by atoms with van der Waals surface area (Å²) in [4.78, 5) is 22.5. The van der Waals surface area contributed by atoms with Gasteiger partial charge in [0.05, 0.1) is 5.02 Å². The number of aliphatic carboxylic acids is 1. The topological polar surface area (TPSA) is 66.4 Å². The molecule has 0 aromatic heterocycles. The summed E-state index contributed by atoms with van der Waals surface area (Å²) in [7, 11) is 0. The highest BCUT2D eigenvalue weighted by Crippen LogP contribution is 2.23. The summed E-state index contributed by atoms with van der Waals surface area (Å²) in [5.74, 6) is -1.48. The maximum Gasteiger partial charge on any atom is 0.326 e. The minimum atomic E-state index is -1.05. The standard InChI is InChI=1S/C11H11BrClNO3/c1-2-9(11(16)17)14-10(15)6-3-4-8(13)7(12)5-6/h3-5,9H,2H2,1H3,(H,14,15)(H,16,17)/t9-/m1/s1. The van der Waals surface area contributed by atoms with Crippen LogP contribution in [0.25, 0.3) is 0 Å². The van der Waals surface area contributed by atoms with Gasteiger partial charge in [-0.15, -0.1) is 0 Å². The minimum absolute atomic E-state index is 0.329. The maximum absolute atomic E-state index is 11.7. The van der Waals surface area contributed by atoms with Crippen molar-refractivity contribution in [2.45, 2.75) is 19.4 Å². The van der Waals surface area contributed by atoms with E-state index in [9.17, 15) is 9.59 Å². The number of hydrogen-bond acceptors (Lipinski definition) is 2. The molecular weight excluding hydrogens is 309 g/mol. The third kappa shape index (κ3) is 3.71. The fourth-order valence-electron chi connectivity index (χ4n) is 1.22. The number of rotatable bonds is 4. The van der Waals surface area contributed by atoms with E-state index in [0.29, 0.717) is 21.5 Å². The molecule has 0 saturated heterocycles. The van der Waals surface area contributed by atoms with Gasteiger partial charge in [0.2, 0.25) is 0 Å². The van der Waals surface area contributed by atoms with Crippen molar-refractivity contribution in [1.29, 1.82) is 0 Å². The predicted octanol–water partition coefficient (Wildman–Crippen LogP) is 2.70. The van der Waals surface area contributed by atoms with Crippen molar-refractivity contribution in [1.82, 2.24) is 5.32 Å². The van der Waals surface area contributed by atoms with E-state index in [2.05, 4.69) is 21.2 Å². The molecule has 1 rings (SSSR count). The van der Waals surface area contributed by atoms with E-state index in [1.54, 1.807) is 19.1 Å². The lowest BCUT2D eigenvalue weighted by atomic mass is 10.1. The maximum atomic E-state index is 11.7. The molecule has 92 valence electrons. The lowest BCUT2D eigenvalue weighted by Gasteiger charge is -2.12. The third-order valence-electron chi connectivity index (χ3n) is 2.19. The molecule has 0 saturated carbocycles. The average Bonchev–Trinajstić information content (AvgIpc) is 2.28. The highest BCUT2D eigenvalue weighted by molar-refractivity contribution is 9.10. The predicted molar refractivity (Wildman–Crippen MR) is 68.3 cm³/mol. The molecule has 1 amide bonds. The number of carbonyl (C=O) groups excluding carboxylic acids is 1. The summed E-state index contributed by atoms with van der Waals surface area (Å²) in [5.41, 5.74) is 0.362. The van der Waals surface area contributed by atoms with Gasteiger partial charge in [0.1, 0.15) is 6.04 Å². The number of hydrogen-bond donors (Lipinski definition) is 2. The van der Waals surface area contributed by atoms with Crippen LogP contribution in [0.3, 0.4) is 0 Å². The van der Waals surface area contributed by atoms with Crippen molar-refractivity contribution in [2.75, 3.05) is 0 Å². The number of halogens is 2. The molecule has 1 aromatic rings. The summed E-state index contributed by atoms with van der Waals surface area (Å²) in [6.45, 7) is 1.69. The summed E-state index contributed by atoms with van der Waals surface area (Å²) in [6.07, 6.45) is 0.329. The van der Waals surface area contributed by atoms with E-state index in [4.69, 9.17) is 16.7 Å². The molecule has 0 unspecified atom stereocenters. The number of carboxylic acids is 1. The Morgan fingerprint density at radius 1 is 1.53 bits per heavy atom. The Morgan fingerprint density at radius 2 is 2.18 bits per heavy atom. The van der Waals surface area contributed by atoms with E-state index in [1.807, 2.05) is 0 Å². The van der Waals surface area contributed by atoms with Crippen molar-refractivity contribution in [2.24, 2.45) is 0 Å². The molecular formula is C11H11BrClNO3. The third-order valence-corrected chi connectivity index (χ3v) is 3.41. The van der Waals surface area contributed by atoms with Gasteiger partial charge in [-0.2, -0.15) is 0 Å². The molecule has 6 heteroatoms. The lowest BCUT2D eigenvalue weighted by Crippen LogP contribution is -2.40. The van der Waals surface area contributed by atoms with Crippen molar-refractivity contribution < 1.29 is 14.7 Å². The number of nitrogens with one attached hydrogen (secondary N) is 1. The SMILES string of the molecule is CC[C@@H](NC(=O)c1ccc(Cl)c(Br)c1)C(=O)O. The number of carboxylic acid groups (broad SMARTS) is 1. The summed E-state index contributed by atoms with van der Waals surface area (Å²) in [6, 6.07) is 3.78. The van der Waals surface area contributed by atoms with Crippen LogP contribution in [0.5, 0.6) is 0 Å². The van der Waals surface area contributed by atoms with Crippen LogP contribution in [-0.2, 0) is 4.79 Å². The van der Waals surface area contributed by atoms with Crippen LogP contribution in [0.2, 0.25) is 5.02 Å². The zero-order valence-electron chi connectivity index (χ0n) is 9.04. The smallest absolute Gasteiger partial charge is 0.326 e. The minimum Gasteiger partial charge on any atom is -0.480 e. The molecule has 1 aromatic carbocycles. The molecule has 0 radical (unpaired) electrons. The summed E-state index contributed by atoms with van der Waals surface area (Å²) >= 11 is 8.99. The molecule has 17 heavy (non-hydrogen) atoms. The first kappa shape index (κ1) is 14.0. The fourth-order valence-corrected chi connectivity index (χ4v) is 1.71. The molecule has 4 nitrogen and oxygen atoms in total. The Hall–Kier alpha value is -1.07. The van der Waals surface area contributed by atoms with Crippen LogP contribution in [-0.4, -0.2) is 23.0 Å². The molecule has 0 spiro atoms. The fraction of sp³-hybridized carbons (Fsp3) is 0.273. The Balaban J connectivity index is 2.82. The van der Waals surface area contributed by atoms with Crippen LogP contribution in [0.15, 0.2) is 22.7 Å². The molecule has 1 atom stereocenters. The van der Waals surface area contributed by atoms with Crippen LogP contribution < -0.4 is 5.32 Å². The van der Waals surface area contributed by atoms with Crippen LogP contribution >= 0.6 is 27.5 Å². The lowest BCUT2D eigenvalue weighted by molar-refractivity contribution is -0.139. The highest BCUT2D eigenvalue weighted by atomic mass is 79.9. The van der Waals surface area contributed by atoms with Crippen molar-refractivity contribution in [3.05, 3.63) is 33.3 Å². The van der Waals surface area contributed by atoms with Gasteiger partial charge in [0, 0.05) is 10.0 Å². The first-order chi connectivity index (χ1) is 7.95. The largest absolute Gasteiger partial charge is 0.480 e. The Kier molecular flexibility index (Phi) is 4.96. The Morgan fingerprint density at radius 3 is 2.65 bits per heavy atom. The van der Waals surface area contributed by atoms with Crippen LogP contribution in [0, 0.1) is 0 Å². The van der Waals surface area contributed by atoms with E-state index in [0.717, 1.165) is 0 Å². The van der Waals surface area contributed by atoms with Gasteiger partial charge < -0.3 is 10.4 Å². The first-order valence-electron chi connectivity index (χ1n) is 4.94. The van der Waals surface area contributed by atoms with Gasteiger partial charge >= 0.3 is 5.97 Å². The second-order valence-corrected chi connectivity index (χ2v) is 4.66. The number of amides is 1. The zero-order valence-corrected chi connectivity index (χ0v) is 11.4. The van der Waals surface area contributed by atoms with E-state index >= 15 is 0 Å². The number of carbonyl (C=O) groups is 2. The van der Waals surface area contributed by atoms with E-state index < -0.39 is 17.9 Å². The quantitative estimate of drug-likeness (QED) is 0.896. The summed E-state index contributed by atoms with van der Waals surface area (Å²) in [5, 5.41) is 11.7. The van der Waals surface area contributed by atoms with Gasteiger partial charge in [-0.3, -0.25) is 4.79 Å². The molecule has 0 bridgehead atoms. The normalized spacial score (nSPS) is 11.9. The Bertz CT molecular complexity index is 450. The second kappa shape index (κ2) is 6.02.